The number of carboxylic acid groups (broad SMARTS) is 1. The van der Waals surface area contributed by atoms with E-state index in [4.69, 9.17) is 14.6 Å². The van der Waals surface area contributed by atoms with Crippen LogP contribution in [0.15, 0.2) is 0 Å². The molecule has 0 aromatic carbocycles. The fourth-order valence-corrected chi connectivity index (χ4v) is 2.81. The highest BCUT2D eigenvalue weighted by atomic mass is 16.5. The van der Waals surface area contributed by atoms with Crippen LogP contribution in [-0.2, 0) is 14.3 Å². The molecule has 2 N–H and O–H groups in total. The van der Waals surface area contributed by atoms with Crippen LogP contribution in [0.4, 0.5) is 4.79 Å². The number of hydrogen-bond acceptors (Lipinski definition) is 4. The largest absolute Gasteiger partial charge is 0.481 e. The SMILES string of the molecule is CN(C(=O)NCCC1CCCCO1)C1COCC1C(=O)O. The fraction of sp³-hybridized carbons (Fsp3) is 0.857. The van der Waals surface area contributed by atoms with E-state index in [1.54, 1.807) is 7.05 Å². The van der Waals surface area contributed by atoms with Crippen molar-refractivity contribution in [2.45, 2.75) is 37.8 Å². The van der Waals surface area contributed by atoms with Gasteiger partial charge in [0.2, 0.25) is 0 Å². The maximum atomic E-state index is 12.1. The molecule has 0 aromatic heterocycles. The van der Waals surface area contributed by atoms with E-state index in [0.717, 1.165) is 25.9 Å². The quantitative estimate of drug-likeness (QED) is 0.780. The first-order chi connectivity index (χ1) is 10.1. The highest BCUT2D eigenvalue weighted by Crippen LogP contribution is 2.19. The number of carboxylic acids is 1. The predicted octanol–water partition coefficient (Wildman–Crippen LogP) is 0.687. The van der Waals surface area contributed by atoms with Gasteiger partial charge in [-0.25, -0.2) is 4.79 Å². The summed E-state index contributed by atoms with van der Waals surface area (Å²) in [6, 6.07) is -0.666. The number of amides is 2. The van der Waals surface area contributed by atoms with Gasteiger partial charge in [-0.2, -0.15) is 0 Å². The van der Waals surface area contributed by atoms with Crippen LogP contribution in [0.25, 0.3) is 0 Å². The molecular weight excluding hydrogens is 276 g/mol. The van der Waals surface area contributed by atoms with Gasteiger partial charge in [0.05, 0.1) is 25.4 Å². The zero-order valence-corrected chi connectivity index (χ0v) is 12.4. The number of hydrogen-bond donors (Lipinski definition) is 2. The van der Waals surface area contributed by atoms with Gasteiger partial charge in [-0.05, 0) is 25.7 Å². The van der Waals surface area contributed by atoms with Crippen molar-refractivity contribution in [1.29, 1.82) is 0 Å². The van der Waals surface area contributed by atoms with Crippen LogP contribution in [0.3, 0.4) is 0 Å². The molecule has 21 heavy (non-hydrogen) atoms. The van der Waals surface area contributed by atoms with Crippen molar-refractivity contribution in [1.82, 2.24) is 10.2 Å². The van der Waals surface area contributed by atoms with Crippen LogP contribution in [0.2, 0.25) is 0 Å². The summed E-state index contributed by atoms with van der Waals surface area (Å²) < 4.78 is 10.8. The topological polar surface area (TPSA) is 88.1 Å². The average molecular weight is 300 g/mol. The standard InChI is InChI=1S/C14H24N2O5/c1-16(12-9-20-8-11(12)13(17)18)14(19)15-6-5-10-4-2-3-7-21-10/h10-12H,2-9H2,1H3,(H,15,19)(H,17,18). The van der Waals surface area contributed by atoms with E-state index >= 15 is 0 Å². The maximum Gasteiger partial charge on any atom is 0.317 e. The Morgan fingerprint density at radius 3 is 2.81 bits per heavy atom. The number of nitrogens with zero attached hydrogens (tertiary/aromatic N) is 1. The summed E-state index contributed by atoms with van der Waals surface area (Å²) in [7, 11) is 1.61. The third kappa shape index (κ3) is 4.31. The molecule has 0 aromatic rings. The first-order valence-electron chi connectivity index (χ1n) is 7.52. The number of aliphatic carboxylic acids is 1. The molecule has 0 bridgehead atoms. The number of ether oxygens (including phenoxy) is 2. The summed E-state index contributed by atoms with van der Waals surface area (Å²) in [4.78, 5) is 24.6. The van der Waals surface area contributed by atoms with Gasteiger partial charge < -0.3 is 24.8 Å². The van der Waals surface area contributed by atoms with E-state index in [9.17, 15) is 9.59 Å². The Morgan fingerprint density at radius 1 is 1.33 bits per heavy atom. The molecule has 2 rings (SSSR count). The molecule has 3 unspecified atom stereocenters. The van der Waals surface area contributed by atoms with Gasteiger partial charge >= 0.3 is 12.0 Å². The van der Waals surface area contributed by atoms with Crippen molar-refractivity contribution in [2.24, 2.45) is 5.92 Å². The lowest BCUT2D eigenvalue weighted by Gasteiger charge is -2.27. The first kappa shape index (κ1) is 16.0. The molecule has 0 radical (unpaired) electrons. The predicted molar refractivity (Wildman–Crippen MR) is 75.1 cm³/mol. The van der Waals surface area contributed by atoms with Crippen molar-refractivity contribution in [2.75, 3.05) is 33.4 Å². The smallest absolute Gasteiger partial charge is 0.317 e. The van der Waals surface area contributed by atoms with Gasteiger partial charge in [0.25, 0.3) is 0 Å². The van der Waals surface area contributed by atoms with Crippen LogP contribution in [0.1, 0.15) is 25.7 Å². The van der Waals surface area contributed by atoms with E-state index in [0.29, 0.717) is 6.54 Å². The summed E-state index contributed by atoms with van der Waals surface area (Å²) in [6.45, 7) is 1.78. The van der Waals surface area contributed by atoms with Crippen molar-refractivity contribution in [3.8, 4) is 0 Å². The van der Waals surface area contributed by atoms with Gasteiger partial charge in [-0.3, -0.25) is 4.79 Å². The van der Waals surface area contributed by atoms with Gasteiger partial charge in [-0.15, -0.1) is 0 Å². The summed E-state index contributed by atoms with van der Waals surface area (Å²) in [5, 5.41) is 11.9. The number of carbonyl (C=O) groups is 2. The van der Waals surface area contributed by atoms with Crippen molar-refractivity contribution in [3.05, 3.63) is 0 Å². The van der Waals surface area contributed by atoms with Crippen molar-refractivity contribution in [3.63, 3.8) is 0 Å². The summed E-state index contributed by atoms with van der Waals surface area (Å²) in [6.07, 6.45) is 4.36. The number of rotatable bonds is 5. The third-order valence-corrected chi connectivity index (χ3v) is 4.20. The van der Waals surface area contributed by atoms with E-state index in [-0.39, 0.29) is 25.3 Å². The Kier molecular flexibility index (Phi) is 5.81. The molecular formula is C14H24N2O5. The Labute approximate surface area is 124 Å². The van der Waals surface area contributed by atoms with Gasteiger partial charge in [0.15, 0.2) is 0 Å². The van der Waals surface area contributed by atoms with Crippen molar-refractivity contribution < 1.29 is 24.2 Å². The lowest BCUT2D eigenvalue weighted by Crippen LogP contribution is -2.48. The molecule has 0 saturated carbocycles. The minimum Gasteiger partial charge on any atom is -0.481 e. The molecule has 7 heteroatoms. The van der Waals surface area contributed by atoms with Crippen LogP contribution < -0.4 is 5.32 Å². The molecule has 0 aliphatic carbocycles. The number of nitrogens with one attached hydrogen (secondary N) is 1. The molecule has 2 heterocycles. The maximum absolute atomic E-state index is 12.1. The minimum atomic E-state index is -0.923. The van der Waals surface area contributed by atoms with Gasteiger partial charge in [0, 0.05) is 20.2 Å². The number of likely N-dealkylation sites (N-methyl/N-ethyl adjacent to an activating group) is 1. The lowest BCUT2D eigenvalue weighted by molar-refractivity contribution is -0.142. The van der Waals surface area contributed by atoms with E-state index in [1.807, 2.05) is 0 Å². The zero-order valence-electron chi connectivity index (χ0n) is 12.4. The van der Waals surface area contributed by atoms with E-state index < -0.39 is 17.9 Å². The number of urea groups is 1. The first-order valence-corrected chi connectivity index (χ1v) is 7.52. The number of carbonyl (C=O) groups excluding carboxylic acids is 1. The second kappa shape index (κ2) is 7.61. The molecule has 2 fully saturated rings. The molecule has 2 aliphatic heterocycles. The summed E-state index contributed by atoms with van der Waals surface area (Å²) in [5.74, 6) is -1.57. The monoisotopic (exact) mass is 300 g/mol. The molecule has 0 spiro atoms. The Bertz CT molecular complexity index is 370. The average Bonchev–Trinajstić information content (AvgIpc) is 2.97. The normalized spacial score (nSPS) is 29.1. The van der Waals surface area contributed by atoms with E-state index in [1.165, 1.54) is 11.3 Å². The van der Waals surface area contributed by atoms with Crippen LogP contribution >= 0.6 is 0 Å². The molecule has 120 valence electrons. The second-order valence-electron chi connectivity index (χ2n) is 5.67. The highest BCUT2D eigenvalue weighted by molar-refractivity contribution is 5.77. The minimum absolute atomic E-state index is 0.160. The van der Waals surface area contributed by atoms with Crippen LogP contribution in [-0.4, -0.2) is 67.6 Å². The third-order valence-electron chi connectivity index (χ3n) is 4.20. The van der Waals surface area contributed by atoms with Crippen LogP contribution in [0.5, 0.6) is 0 Å². The van der Waals surface area contributed by atoms with E-state index in [2.05, 4.69) is 5.32 Å². The van der Waals surface area contributed by atoms with Gasteiger partial charge in [0.1, 0.15) is 5.92 Å². The fourth-order valence-electron chi connectivity index (χ4n) is 2.81. The van der Waals surface area contributed by atoms with Crippen LogP contribution in [0, 0.1) is 5.92 Å². The lowest BCUT2D eigenvalue weighted by atomic mass is 10.0. The molecule has 2 amide bonds. The summed E-state index contributed by atoms with van der Waals surface area (Å²) >= 11 is 0. The molecule has 3 atom stereocenters. The van der Waals surface area contributed by atoms with Crippen molar-refractivity contribution >= 4 is 12.0 Å². The molecule has 2 aliphatic rings. The Morgan fingerprint density at radius 2 is 2.14 bits per heavy atom. The highest BCUT2D eigenvalue weighted by Gasteiger charge is 2.38. The molecule has 7 nitrogen and oxygen atoms in total. The Hall–Kier alpha value is -1.34. The van der Waals surface area contributed by atoms with Gasteiger partial charge in [-0.1, -0.05) is 0 Å². The Balaban J connectivity index is 1.73. The molecule has 2 saturated heterocycles. The second-order valence-corrected chi connectivity index (χ2v) is 5.67. The summed E-state index contributed by atoms with van der Waals surface area (Å²) in [5.41, 5.74) is 0. The zero-order chi connectivity index (χ0) is 15.2.